The van der Waals surface area contributed by atoms with E-state index in [1.807, 2.05) is 0 Å². The first-order valence-corrected chi connectivity index (χ1v) is 9.50. The molecule has 3 aromatic rings. The summed E-state index contributed by atoms with van der Waals surface area (Å²) in [5, 5.41) is 8.26. The number of aromatic nitrogens is 2. The molecule has 0 amide bonds. The maximum absolute atomic E-state index is 13.4. The van der Waals surface area contributed by atoms with Crippen molar-refractivity contribution in [3.8, 4) is 0 Å². The molecule has 6 nitrogen and oxygen atoms in total. The predicted molar refractivity (Wildman–Crippen MR) is 91.0 cm³/mol. The van der Waals surface area contributed by atoms with Crippen molar-refractivity contribution < 1.29 is 44.4 Å². The molecule has 3 rings (SSSR count). The van der Waals surface area contributed by atoms with Gasteiger partial charge >= 0.3 is 22.5 Å². The first kappa shape index (κ1) is 22.1. The number of imidazole rings is 1. The predicted octanol–water partition coefficient (Wildman–Crippen LogP) is 3.86. The monoisotopic (exact) mass is 454 g/mol. The van der Waals surface area contributed by atoms with Gasteiger partial charge in [-0.05, 0) is 35.4 Å². The van der Waals surface area contributed by atoms with Crippen LogP contribution in [0.5, 0.6) is 0 Å². The zero-order chi connectivity index (χ0) is 22.5. The zero-order valence-corrected chi connectivity index (χ0v) is 15.5. The van der Waals surface area contributed by atoms with Crippen molar-refractivity contribution in [3.63, 3.8) is 0 Å². The number of rotatable bonds is 4. The van der Waals surface area contributed by atoms with E-state index < -0.39 is 57.5 Å². The molecule has 0 aliphatic rings. The van der Waals surface area contributed by atoms with Crippen molar-refractivity contribution >= 4 is 21.2 Å². The Morgan fingerprint density at radius 3 is 2.17 bits per heavy atom. The fraction of sp³-hybridized carbons (Fsp3) is 0.235. The second-order valence-corrected chi connectivity index (χ2v) is 7.62. The Bertz CT molecular complexity index is 1220. The minimum Gasteiger partial charge on any atom is -0.392 e. The summed E-state index contributed by atoms with van der Waals surface area (Å²) in [6, 6.07) is 4.86. The summed E-state index contributed by atoms with van der Waals surface area (Å²) in [7, 11) is -4.99. The Balaban J connectivity index is 2.25. The minimum absolute atomic E-state index is 0.0136. The van der Waals surface area contributed by atoms with E-state index in [0.29, 0.717) is 12.1 Å². The molecular weight excluding hydrogens is 442 g/mol. The van der Waals surface area contributed by atoms with Crippen LogP contribution in [-0.2, 0) is 35.6 Å². The third-order valence-electron chi connectivity index (χ3n) is 4.26. The van der Waals surface area contributed by atoms with Crippen molar-refractivity contribution in [2.24, 2.45) is 0 Å². The molecule has 2 aromatic carbocycles. The summed E-state index contributed by atoms with van der Waals surface area (Å²) in [6.07, 6.45) is -10.2. The lowest BCUT2D eigenvalue weighted by atomic mass is 10.0. The normalized spacial score (nSPS) is 13.2. The number of aliphatic hydroxyl groups is 1. The second kappa shape index (κ2) is 7.25. The molecule has 0 atom stereocenters. The summed E-state index contributed by atoms with van der Waals surface area (Å²) in [5.74, 6) is 0. The number of alkyl halides is 6. The quantitative estimate of drug-likeness (QED) is 0.462. The first-order valence-electron chi connectivity index (χ1n) is 8.06. The Morgan fingerprint density at radius 2 is 1.63 bits per heavy atom. The van der Waals surface area contributed by atoms with Crippen LogP contribution in [0.25, 0.3) is 11.0 Å². The van der Waals surface area contributed by atoms with Gasteiger partial charge in [-0.15, -0.1) is 0 Å². The molecular formula is C17H12F6N2O4S. The Kier molecular flexibility index (Phi) is 5.33. The van der Waals surface area contributed by atoms with E-state index in [-0.39, 0.29) is 22.7 Å². The van der Waals surface area contributed by atoms with Gasteiger partial charge in [0.05, 0.1) is 35.3 Å². The molecule has 0 aliphatic carbocycles. The van der Waals surface area contributed by atoms with E-state index in [4.69, 9.17) is 0 Å². The summed E-state index contributed by atoms with van der Waals surface area (Å²) < 4.78 is 112. The average molecular weight is 454 g/mol. The van der Waals surface area contributed by atoms with Crippen LogP contribution in [-0.4, -0.2) is 27.6 Å². The standard InChI is InChI=1S/C17H12F6N2O4S/c18-16(19,20)11-3-2-10(12(6-11)17(21,22)23)7-25-14-5-9(8-26)1-4-13(14)24-15(25)30(27,28)29/h1-6,26H,7-8H2,(H,27,28,29). The van der Waals surface area contributed by atoms with E-state index in [9.17, 15) is 44.4 Å². The van der Waals surface area contributed by atoms with Crippen LogP contribution in [0.1, 0.15) is 22.3 Å². The maximum Gasteiger partial charge on any atom is 0.416 e. The van der Waals surface area contributed by atoms with Gasteiger partial charge in [0.25, 0.3) is 5.16 Å². The van der Waals surface area contributed by atoms with Crippen molar-refractivity contribution in [2.45, 2.75) is 30.7 Å². The minimum atomic E-state index is -5.17. The fourth-order valence-corrected chi connectivity index (χ4v) is 3.57. The number of hydrogen-bond donors (Lipinski definition) is 2. The molecule has 162 valence electrons. The summed E-state index contributed by atoms with van der Waals surface area (Å²) >= 11 is 0. The van der Waals surface area contributed by atoms with E-state index in [0.717, 1.165) is 4.57 Å². The van der Waals surface area contributed by atoms with Crippen LogP contribution in [0, 0.1) is 0 Å². The molecule has 1 heterocycles. The van der Waals surface area contributed by atoms with E-state index >= 15 is 0 Å². The molecule has 0 radical (unpaired) electrons. The Morgan fingerprint density at radius 1 is 0.967 bits per heavy atom. The lowest BCUT2D eigenvalue weighted by Crippen LogP contribution is -2.17. The second-order valence-electron chi connectivity index (χ2n) is 6.30. The molecule has 0 fully saturated rings. The largest absolute Gasteiger partial charge is 0.416 e. The van der Waals surface area contributed by atoms with Crippen LogP contribution in [0.2, 0.25) is 0 Å². The van der Waals surface area contributed by atoms with Crippen molar-refractivity contribution in [1.82, 2.24) is 9.55 Å². The number of fused-ring (bicyclic) bond motifs is 1. The highest BCUT2D eigenvalue weighted by Gasteiger charge is 2.38. The highest BCUT2D eigenvalue weighted by Crippen LogP contribution is 2.38. The van der Waals surface area contributed by atoms with Gasteiger partial charge in [-0.3, -0.25) is 4.55 Å². The van der Waals surface area contributed by atoms with Gasteiger partial charge < -0.3 is 9.67 Å². The van der Waals surface area contributed by atoms with Crippen molar-refractivity contribution in [2.75, 3.05) is 0 Å². The number of nitrogens with zero attached hydrogens (tertiary/aromatic N) is 2. The van der Waals surface area contributed by atoms with Crippen LogP contribution in [0.4, 0.5) is 26.3 Å². The van der Waals surface area contributed by atoms with E-state index in [2.05, 4.69) is 4.98 Å². The third kappa shape index (κ3) is 4.27. The highest BCUT2D eigenvalue weighted by molar-refractivity contribution is 7.85. The van der Waals surface area contributed by atoms with Crippen molar-refractivity contribution in [1.29, 1.82) is 0 Å². The third-order valence-corrected chi connectivity index (χ3v) is 5.04. The van der Waals surface area contributed by atoms with E-state index in [1.54, 1.807) is 0 Å². The Labute approximate surface area is 165 Å². The molecule has 13 heteroatoms. The molecule has 2 N–H and O–H groups in total. The van der Waals surface area contributed by atoms with Gasteiger partial charge in [-0.25, -0.2) is 4.98 Å². The van der Waals surface area contributed by atoms with Gasteiger partial charge in [0.2, 0.25) is 0 Å². The van der Waals surface area contributed by atoms with Gasteiger partial charge in [-0.1, -0.05) is 12.1 Å². The number of halogens is 6. The topological polar surface area (TPSA) is 92.4 Å². The SMILES string of the molecule is O=S(=O)(O)c1nc2ccc(CO)cc2n1Cc1ccc(C(F)(F)F)cc1C(F)(F)F. The van der Waals surface area contributed by atoms with Crippen LogP contribution in [0.3, 0.4) is 0 Å². The molecule has 0 aliphatic heterocycles. The number of aliphatic hydroxyl groups excluding tert-OH is 1. The van der Waals surface area contributed by atoms with Crippen LogP contribution in [0.15, 0.2) is 41.6 Å². The van der Waals surface area contributed by atoms with Gasteiger partial charge in [0, 0.05) is 0 Å². The molecule has 1 aromatic heterocycles. The lowest BCUT2D eigenvalue weighted by molar-refractivity contribution is -0.143. The molecule has 0 saturated carbocycles. The summed E-state index contributed by atoms with van der Waals surface area (Å²) in [4.78, 5) is 3.69. The van der Waals surface area contributed by atoms with Gasteiger partial charge in [0.15, 0.2) is 0 Å². The molecule has 0 bridgehead atoms. The summed E-state index contributed by atoms with van der Waals surface area (Å²) in [6.45, 7) is -1.33. The van der Waals surface area contributed by atoms with Crippen LogP contribution >= 0.6 is 0 Å². The average Bonchev–Trinajstić information content (AvgIpc) is 2.98. The molecule has 0 spiro atoms. The molecule has 0 unspecified atom stereocenters. The number of benzene rings is 2. The highest BCUT2D eigenvalue weighted by atomic mass is 32.2. The number of hydrogen-bond acceptors (Lipinski definition) is 4. The van der Waals surface area contributed by atoms with Crippen molar-refractivity contribution in [3.05, 3.63) is 58.7 Å². The summed E-state index contributed by atoms with van der Waals surface area (Å²) in [5.41, 5.74) is -3.59. The van der Waals surface area contributed by atoms with E-state index in [1.165, 1.54) is 18.2 Å². The fourth-order valence-electron chi connectivity index (χ4n) is 2.92. The smallest absolute Gasteiger partial charge is 0.392 e. The Hall–Kier alpha value is -2.64. The maximum atomic E-state index is 13.4. The molecule has 0 saturated heterocycles. The first-order chi connectivity index (χ1) is 13.7. The zero-order valence-electron chi connectivity index (χ0n) is 14.7. The van der Waals surface area contributed by atoms with Gasteiger partial charge in [0.1, 0.15) is 0 Å². The van der Waals surface area contributed by atoms with Gasteiger partial charge in [-0.2, -0.15) is 34.8 Å². The van der Waals surface area contributed by atoms with Crippen LogP contribution < -0.4 is 0 Å². The lowest BCUT2D eigenvalue weighted by Gasteiger charge is -2.17. The molecule has 30 heavy (non-hydrogen) atoms.